The minimum Gasteiger partial charge on any atom is -0.323 e. The molecule has 0 bridgehead atoms. The van der Waals surface area contributed by atoms with Crippen molar-refractivity contribution in [1.82, 2.24) is 10.3 Å². The number of carbonyl (C=O) groups is 2. The highest BCUT2D eigenvalue weighted by Crippen LogP contribution is 2.49. The summed E-state index contributed by atoms with van der Waals surface area (Å²) in [5.74, 6) is -3.52. The van der Waals surface area contributed by atoms with Crippen LogP contribution in [0.25, 0.3) is 0 Å². The van der Waals surface area contributed by atoms with Crippen molar-refractivity contribution >= 4 is 29.2 Å². The maximum atomic E-state index is 13.6. The molecule has 1 aromatic carbocycles. The largest absolute Gasteiger partial charge is 0.329 e. The van der Waals surface area contributed by atoms with E-state index in [1.165, 1.54) is 6.20 Å². The molecule has 2 aromatic rings. The first-order valence-electron chi connectivity index (χ1n) is 8.46. The lowest BCUT2D eigenvalue weighted by Crippen LogP contribution is -2.56. The van der Waals surface area contributed by atoms with Gasteiger partial charge in [0.15, 0.2) is 0 Å². The molecule has 2 aliphatic rings. The zero-order valence-corrected chi connectivity index (χ0v) is 15.1. The summed E-state index contributed by atoms with van der Waals surface area (Å²) in [4.78, 5) is 30.0. The Morgan fingerprint density at radius 1 is 1.26 bits per heavy atom. The number of halogens is 3. The molecule has 4 rings (SSSR count). The number of nitrogens with one attached hydrogen (secondary N) is 1. The van der Waals surface area contributed by atoms with Crippen LogP contribution in [0.5, 0.6) is 0 Å². The number of aromatic nitrogens is 1. The van der Waals surface area contributed by atoms with Gasteiger partial charge in [-0.2, -0.15) is 0 Å². The van der Waals surface area contributed by atoms with Gasteiger partial charge in [0.05, 0.1) is 11.9 Å². The number of hydrogen-bond donors (Lipinski definition) is 1. The summed E-state index contributed by atoms with van der Waals surface area (Å²) >= 11 is 6.21. The minimum absolute atomic E-state index is 0.0367. The average molecular weight is 392 g/mol. The predicted octanol–water partition coefficient (Wildman–Crippen LogP) is 4.22. The molecular weight excluding hydrogens is 376 g/mol. The molecule has 3 amide bonds. The molecule has 1 saturated heterocycles. The standard InChI is InChI=1S/C19H16ClF2N3O2/c1-18(21,22)12-6-13(10-23-9-12)25-16(26)19(24-17(25)27)7-11(8-19)14-4-2-3-5-15(14)20/h2-6,9-11H,7-8H2,1H3,(H,24,27). The van der Waals surface area contributed by atoms with Crippen LogP contribution in [0.1, 0.15) is 36.8 Å². The maximum Gasteiger partial charge on any atom is 0.329 e. The smallest absolute Gasteiger partial charge is 0.323 e. The molecule has 0 atom stereocenters. The van der Waals surface area contributed by atoms with Gasteiger partial charge in [0.25, 0.3) is 11.8 Å². The topological polar surface area (TPSA) is 62.3 Å². The van der Waals surface area contributed by atoms with Gasteiger partial charge in [-0.15, -0.1) is 0 Å². The van der Waals surface area contributed by atoms with Crippen LogP contribution in [0.3, 0.4) is 0 Å². The Morgan fingerprint density at radius 3 is 2.63 bits per heavy atom. The number of benzene rings is 1. The molecule has 0 unspecified atom stereocenters. The Hall–Kier alpha value is -2.54. The fraction of sp³-hybridized carbons (Fsp3) is 0.316. The molecule has 1 aromatic heterocycles. The molecule has 8 heteroatoms. The van der Waals surface area contributed by atoms with E-state index in [1.54, 1.807) is 6.07 Å². The Labute approximate surface area is 159 Å². The second kappa shape index (κ2) is 5.99. The fourth-order valence-corrected chi connectivity index (χ4v) is 4.02. The predicted molar refractivity (Wildman–Crippen MR) is 96.0 cm³/mol. The lowest BCUT2D eigenvalue weighted by Gasteiger charge is -2.43. The fourth-order valence-electron chi connectivity index (χ4n) is 3.73. The third-order valence-electron chi connectivity index (χ3n) is 5.19. The minimum atomic E-state index is -3.12. The van der Waals surface area contributed by atoms with Gasteiger partial charge < -0.3 is 5.32 Å². The molecular formula is C19H16ClF2N3O2. The van der Waals surface area contributed by atoms with Gasteiger partial charge in [0, 0.05) is 23.7 Å². The third kappa shape index (κ3) is 2.86. The van der Waals surface area contributed by atoms with E-state index in [-0.39, 0.29) is 17.2 Å². The van der Waals surface area contributed by atoms with E-state index in [0.717, 1.165) is 29.7 Å². The first-order chi connectivity index (χ1) is 12.7. The number of nitrogens with zero attached hydrogens (tertiary/aromatic N) is 2. The van der Waals surface area contributed by atoms with Crippen LogP contribution in [-0.2, 0) is 10.7 Å². The second-order valence-corrected chi connectivity index (χ2v) is 7.51. The van der Waals surface area contributed by atoms with Crippen LogP contribution in [0, 0.1) is 0 Å². The van der Waals surface area contributed by atoms with Gasteiger partial charge in [0.1, 0.15) is 5.54 Å². The van der Waals surface area contributed by atoms with Crippen molar-refractivity contribution in [3.63, 3.8) is 0 Å². The van der Waals surface area contributed by atoms with Gasteiger partial charge >= 0.3 is 6.03 Å². The number of rotatable bonds is 3. The summed E-state index contributed by atoms with van der Waals surface area (Å²) in [5, 5.41) is 3.34. The number of alkyl halides is 2. The normalized spacial score (nSPS) is 24.9. The lowest BCUT2D eigenvalue weighted by atomic mass is 9.65. The number of pyridine rings is 1. The quantitative estimate of drug-likeness (QED) is 0.797. The molecule has 1 aliphatic carbocycles. The van der Waals surface area contributed by atoms with E-state index >= 15 is 0 Å². The zero-order chi connectivity index (χ0) is 19.4. The van der Waals surface area contributed by atoms with Gasteiger partial charge in [-0.25, -0.2) is 18.5 Å². The van der Waals surface area contributed by atoms with E-state index in [9.17, 15) is 18.4 Å². The monoisotopic (exact) mass is 391 g/mol. The molecule has 1 N–H and O–H groups in total. The summed E-state index contributed by atoms with van der Waals surface area (Å²) in [5.41, 5.74) is -0.413. The number of urea groups is 1. The van der Waals surface area contributed by atoms with Crippen LogP contribution < -0.4 is 10.2 Å². The highest BCUT2D eigenvalue weighted by atomic mass is 35.5. The van der Waals surface area contributed by atoms with Gasteiger partial charge in [-0.1, -0.05) is 29.8 Å². The van der Waals surface area contributed by atoms with E-state index in [1.807, 2.05) is 18.2 Å². The van der Waals surface area contributed by atoms with E-state index in [0.29, 0.717) is 17.9 Å². The number of amides is 3. The number of imide groups is 1. The first kappa shape index (κ1) is 17.9. The van der Waals surface area contributed by atoms with Crippen LogP contribution in [0.4, 0.5) is 19.3 Å². The molecule has 1 spiro atoms. The van der Waals surface area contributed by atoms with Crippen molar-refractivity contribution in [2.24, 2.45) is 0 Å². The summed E-state index contributed by atoms with van der Waals surface area (Å²) in [6.07, 6.45) is 3.08. The first-order valence-corrected chi connectivity index (χ1v) is 8.83. The maximum absolute atomic E-state index is 13.6. The van der Waals surface area contributed by atoms with Crippen LogP contribution >= 0.6 is 11.6 Å². The molecule has 140 valence electrons. The zero-order valence-electron chi connectivity index (χ0n) is 14.4. The van der Waals surface area contributed by atoms with E-state index in [2.05, 4.69) is 10.3 Å². The number of hydrogen-bond acceptors (Lipinski definition) is 3. The lowest BCUT2D eigenvalue weighted by molar-refractivity contribution is -0.125. The molecule has 5 nitrogen and oxygen atoms in total. The molecule has 1 aliphatic heterocycles. The van der Waals surface area contributed by atoms with Crippen molar-refractivity contribution in [3.05, 3.63) is 58.9 Å². The van der Waals surface area contributed by atoms with Gasteiger partial charge in [0.2, 0.25) is 0 Å². The number of anilines is 1. The Kier molecular flexibility index (Phi) is 3.96. The van der Waals surface area contributed by atoms with Gasteiger partial charge in [-0.05, 0) is 36.5 Å². The van der Waals surface area contributed by atoms with Gasteiger partial charge in [-0.3, -0.25) is 9.78 Å². The van der Waals surface area contributed by atoms with Crippen molar-refractivity contribution < 1.29 is 18.4 Å². The van der Waals surface area contributed by atoms with Crippen LogP contribution in [0.15, 0.2) is 42.7 Å². The SMILES string of the molecule is CC(F)(F)c1cncc(N2C(=O)NC3(CC(c4ccccc4Cl)C3)C2=O)c1. The molecule has 27 heavy (non-hydrogen) atoms. The van der Waals surface area contributed by atoms with Crippen molar-refractivity contribution in [1.29, 1.82) is 0 Å². The highest BCUT2D eigenvalue weighted by molar-refractivity contribution is 6.31. The summed E-state index contributed by atoms with van der Waals surface area (Å²) in [6.45, 7) is 0.737. The number of carbonyl (C=O) groups excluding carboxylic acids is 2. The molecule has 0 radical (unpaired) electrons. The average Bonchev–Trinajstić information content (AvgIpc) is 2.84. The van der Waals surface area contributed by atoms with Crippen LogP contribution in [0.2, 0.25) is 5.02 Å². The van der Waals surface area contributed by atoms with Crippen molar-refractivity contribution in [3.8, 4) is 0 Å². The Bertz CT molecular complexity index is 939. The summed E-state index contributed by atoms with van der Waals surface area (Å²) < 4.78 is 27.1. The Balaban J connectivity index is 1.58. The van der Waals surface area contributed by atoms with E-state index < -0.39 is 23.4 Å². The van der Waals surface area contributed by atoms with E-state index in [4.69, 9.17) is 11.6 Å². The van der Waals surface area contributed by atoms with Crippen molar-refractivity contribution in [2.45, 2.75) is 37.1 Å². The Morgan fingerprint density at radius 2 is 1.96 bits per heavy atom. The van der Waals surface area contributed by atoms with Crippen LogP contribution in [-0.4, -0.2) is 22.5 Å². The molecule has 2 fully saturated rings. The van der Waals surface area contributed by atoms with Crippen molar-refractivity contribution in [2.75, 3.05) is 4.90 Å². The summed E-state index contributed by atoms with van der Waals surface area (Å²) in [7, 11) is 0. The molecule has 1 saturated carbocycles. The second-order valence-electron chi connectivity index (χ2n) is 7.10. The molecule has 2 heterocycles. The third-order valence-corrected chi connectivity index (χ3v) is 5.53. The highest BCUT2D eigenvalue weighted by Gasteiger charge is 2.59. The summed E-state index contributed by atoms with van der Waals surface area (Å²) in [6, 6.07) is 7.87.